The summed E-state index contributed by atoms with van der Waals surface area (Å²) in [6.45, 7) is 1.59. The molecule has 3 aromatic carbocycles. The highest BCUT2D eigenvalue weighted by molar-refractivity contribution is 6.14. The van der Waals surface area contributed by atoms with Gasteiger partial charge in [-0.2, -0.15) is 5.26 Å². The van der Waals surface area contributed by atoms with Crippen molar-refractivity contribution in [2.24, 2.45) is 0 Å². The Hall–Kier alpha value is -4.24. The zero-order chi connectivity index (χ0) is 22.9. The number of anilines is 1. The Morgan fingerprint density at radius 1 is 0.875 bits per heavy atom. The zero-order valence-corrected chi connectivity index (χ0v) is 17.7. The number of aryl methyl sites for hydroxylation is 1. The zero-order valence-electron chi connectivity index (χ0n) is 17.7. The summed E-state index contributed by atoms with van der Waals surface area (Å²) in [7, 11) is 0. The predicted octanol–water partition coefficient (Wildman–Crippen LogP) is 4.33. The van der Waals surface area contributed by atoms with Gasteiger partial charge in [-0.25, -0.2) is 4.79 Å². The van der Waals surface area contributed by atoms with E-state index in [0.717, 1.165) is 5.56 Å². The van der Waals surface area contributed by atoms with Crippen molar-refractivity contribution >= 4 is 23.3 Å². The second-order valence-corrected chi connectivity index (χ2v) is 7.11. The SMILES string of the molecule is Cc1ccc(C(=O)c2ccccc2C(=O)OCC(=O)N(CCC#N)c2ccccc2)cc1. The summed E-state index contributed by atoms with van der Waals surface area (Å²) in [6.07, 6.45) is 0.141. The van der Waals surface area contributed by atoms with Crippen molar-refractivity contribution in [3.8, 4) is 6.07 Å². The largest absolute Gasteiger partial charge is 0.452 e. The van der Waals surface area contributed by atoms with Crippen LogP contribution >= 0.6 is 0 Å². The number of carbonyl (C=O) groups excluding carboxylic acids is 3. The van der Waals surface area contributed by atoms with Crippen molar-refractivity contribution < 1.29 is 19.1 Å². The summed E-state index contributed by atoms with van der Waals surface area (Å²) in [5, 5.41) is 8.90. The standard InChI is InChI=1S/C26H22N2O4/c1-19-12-14-20(15-13-19)25(30)22-10-5-6-11-23(22)26(31)32-18-24(29)28(17-7-16-27)21-8-3-2-4-9-21/h2-6,8-15H,7,17-18H2,1H3. The maximum Gasteiger partial charge on any atom is 0.339 e. The third-order valence-electron chi connectivity index (χ3n) is 4.85. The summed E-state index contributed by atoms with van der Waals surface area (Å²) in [6, 6.07) is 24.3. The Morgan fingerprint density at radius 3 is 2.16 bits per heavy atom. The molecule has 6 heteroatoms. The van der Waals surface area contributed by atoms with Gasteiger partial charge in [-0.3, -0.25) is 9.59 Å². The van der Waals surface area contributed by atoms with Crippen LogP contribution in [0.25, 0.3) is 0 Å². The van der Waals surface area contributed by atoms with Crippen molar-refractivity contribution in [1.29, 1.82) is 5.26 Å². The van der Waals surface area contributed by atoms with Crippen molar-refractivity contribution in [1.82, 2.24) is 0 Å². The minimum absolute atomic E-state index is 0.0918. The van der Waals surface area contributed by atoms with E-state index in [-0.39, 0.29) is 29.9 Å². The molecule has 0 spiro atoms. The molecular weight excluding hydrogens is 404 g/mol. The number of nitrogens with zero attached hydrogens (tertiary/aromatic N) is 2. The molecule has 0 atom stereocenters. The summed E-state index contributed by atoms with van der Waals surface area (Å²) >= 11 is 0. The second-order valence-electron chi connectivity index (χ2n) is 7.11. The number of esters is 1. The van der Waals surface area contributed by atoms with Crippen LogP contribution in [-0.2, 0) is 9.53 Å². The van der Waals surface area contributed by atoms with E-state index in [1.54, 1.807) is 54.6 Å². The third-order valence-corrected chi connectivity index (χ3v) is 4.85. The molecule has 0 aliphatic heterocycles. The van der Waals surface area contributed by atoms with Crippen LogP contribution in [0.15, 0.2) is 78.9 Å². The fourth-order valence-corrected chi connectivity index (χ4v) is 3.17. The van der Waals surface area contributed by atoms with Crippen LogP contribution in [0, 0.1) is 18.3 Å². The van der Waals surface area contributed by atoms with Gasteiger partial charge in [-0.05, 0) is 25.1 Å². The number of benzene rings is 3. The lowest BCUT2D eigenvalue weighted by Gasteiger charge is -2.21. The Balaban J connectivity index is 1.74. The van der Waals surface area contributed by atoms with Gasteiger partial charge in [0.1, 0.15) is 0 Å². The van der Waals surface area contributed by atoms with Crippen LogP contribution in [0.1, 0.15) is 38.3 Å². The highest BCUT2D eigenvalue weighted by Gasteiger charge is 2.22. The first-order chi connectivity index (χ1) is 15.5. The highest BCUT2D eigenvalue weighted by atomic mass is 16.5. The van der Waals surface area contributed by atoms with Crippen LogP contribution in [0.4, 0.5) is 5.69 Å². The number of ketones is 1. The van der Waals surface area contributed by atoms with E-state index in [1.165, 1.54) is 11.0 Å². The first-order valence-electron chi connectivity index (χ1n) is 10.1. The molecule has 0 heterocycles. The van der Waals surface area contributed by atoms with Gasteiger partial charge >= 0.3 is 5.97 Å². The van der Waals surface area contributed by atoms with Crippen molar-refractivity contribution in [2.75, 3.05) is 18.1 Å². The molecule has 3 rings (SSSR count). The molecule has 0 N–H and O–H groups in total. The number of ether oxygens (including phenoxy) is 1. The van der Waals surface area contributed by atoms with Crippen LogP contribution in [0.3, 0.4) is 0 Å². The number of rotatable bonds is 8. The molecule has 0 unspecified atom stereocenters. The first-order valence-corrected chi connectivity index (χ1v) is 10.1. The van der Waals surface area contributed by atoms with Gasteiger partial charge in [-0.1, -0.05) is 66.2 Å². The molecule has 32 heavy (non-hydrogen) atoms. The molecule has 0 aliphatic carbocycles. The highest BCUT2D eigenvalue weighted by Crippen LogP contribution is 2.18. The topological polar surface area (TPSA) is 87.5 Å². The van der Waals surface area contributed by atoms with Crippen LogP contribution in [0.2, 0.25) is 0 Å². The van der Waals surface area contributed by atoms with Gasteiger partial charge in [-0.15, -0.1) is 0 Å². The van der Waals surface area contributed by atoms with E-state index in [2.05, 4.69) is 0 Å². The molecule has 0 bridgehead atoms. The Kier molecular flexibility index (Phi) is 7.50. The lowest BCUT2D eigenvalue weighted by atomic mass is 9.98. The normalized spacial score (nSPS) is 10.1. The molecule has 6 nitrogen and oxygen atoms in total. The van der Waals surface area contributed by atoms with E-state index >= 15 is 0 Å². The van der Waals surface area contributed by atoms with Crippen LogP contribution in [-0.4, -0.2) is 30.8 Å². The molecule has 0 aliphatic rings. The molecule has 160 valence electrons. The lowest BCUT2D eigenvalue weighted by Crippen LogP contribution is -2.35. The minimum atomic E-state index is -0.761. The van der Waals surface area contributed by atoms with Gasteiger partial charge in [0, 0.05) is 23.4 Å². The molecule has 0 radical (unpaired) electrons. The third kappa shape index (κ3) is 5.46. The fourth-order valence-electron chi connectivity index (χ4n) is 3.17. The van der Waals surface area contributed by atoms with Crippen molar-refractivity contribution in [3.05, 3.63) is 101 Å². The van der Waals surface area contributed by atoms with Gasteiger partial charge in [0.25, 0.3) is 5.91 Å². The van der Waals surface area contributed by atoms with Gasteiger partial charge in [0.2, 0.25) is 0 Å². The van der Waals surface area contributed by atoms with Gasteiger partial charge in [0.15, 0.2) is 12.4 Å². The maximum absolute atomic E-state index is 12.9. The molecular formula is C26H22N2O4. The number of para-hydroxylation sites is 1. The number of amides is 1. The van der Waals surface area contributed by atoms with E-state index < -0.39 is 18.5 Å². The lowest BCUT2D eigenvalue weighted by molar-refractivity contribution is -0.121. The molecule has 0 saturated heterocycles. The smallest absolute Gasteiger partial charge is 0.339 e. The summed E-state index contributed by atoms with van der Waals surface area (Å²) in [5.74, 6) is -1.52. The molecule has 3 aromatic rings. The average Bonchev–Trinajstić information content (AvgIpc) is 2.83. The van der Waals surface area contributed by atoms with E-state index in [4.69, 9.17) is 10.00 Å². The van der Waals surface area contributed by atoms with E-state index in [9.17, 15) is 14.4 Å². The Morgan fingerprint density at radius 2 is 1.50 bits per heavy atom. The van der Waals surface area contributed by atoms with Gasteiger partial charge < -0.3 is 9.64 Å². The van der Waals surface area contributed by atoms with Gasteiger partial charge in [0.05, 0.1) is 18.1 Å². The summed E-state index contributed by atoms with van der Waals surface area (Å²) in [5.41, 5.74) is 2.39. The van der Waals surface area contributed by atoms with E-state index in [0.29, 0.717) is 11.3 Å². The fraction of sp³-hybridized carbons (Fsp3) is 0.154. The van der Waals surface area contributed by atoms with E-state index in [1.807, 2.05) is 31.2 Å². The van der Waals surface area contributed by atoms with Crippen molar-refractivity contribution in [3.63, 3.8) is 0 Å². The number of hydrogen-bond acceptors (Lipinski definition) is 5. The molecule has 0 aromatic heterocycles. The first kappa shape index (κ1) is 22.4. The molecule has 0 saturated carbocycles. The molecule has 0 fully saturated rings. The van der Waals surface area contributed by atoms with Crippen LogP contribution in [0.5, 0.6) is 0 Å². The minimum Gasteiger partial charge on any atom is -0.452 e. The van der Waals surface area contributed by atoms with Crippen molar-refractivity contribution in [2.45, 2.75) is 13.3 Å². The predicted molar refractivity (Wildman–Crippen MR) is 120 cm³/mol. The Bertz CT molecular complexity index is 1150. The molecule has 1 amide bonds. The average molecular weight is 426 g/mol. The second kappa shape index (κ2) is 10.7. The monoisotopic (exact) mass is 426 g/mol. The number of hydrogen-bond donors (Lipinski definition) is 0. The summed E-state index contributed by atoms with van der Waals surface area (Å²) in [4.78, 5) is 39.8. The number of nitriles is 1. The Labute approximate surface area is 186 Å². The van der Waals surface area contributed by atoms with Crippen LogP contribution < -0.4 is 4.90 Å². The summed E-state index contributed by atoms with van der Waals surface area (Å²) < 4.78 is 5.25. The quantitative estimate of drug-likeness (QED) is 0.395. The maximum atomic E-state index is 12.9. The number of carbonyl (C=O) groups is 3.